The molecule has 2 amide bonds. The fourth-order valence-corrected chi connectivity index (χ4v) is 1.99. The van der Waals surface area contributed by atoms with Crippen molar-refractivity contribution in [3.8, 4) is 5.75 Å². The number of anilines is 1. The lowest BCUT2D eigenvalue weighted by Crippen LogP contribution is -2.41. The van der Waals surface area contributed by atoms with Crippen molar-refractivity contribution in [3.05, 3.63) is 24.3 Å². The number of unbranched alkanes of at least 4 members (excludes halogenated alkanes) is 1. The maximum absolute atomic E-state index is 12.2. The first kappa shape index (κ1) is 17.0. The number of benzene rings is 1. The average Bonchev–Trinajstić information content (AvgIpc) is 2.49. The van der Waals surface area contributed by atoms with Crippen LogP contribution in [0, 0.1) is 0 Å². The molecule has 0 radical (unpaired) electrons. The van der Waals surface area contributed by atoms with E-state index >= 15 is 0 Å². The first-order valence-corrected chi connectivity index (χ1v) is 7.16. The Bertz CT molecular complexity index is 488. The second-order valence-corrected chi connectivity index (χ2v) is 4.95. The molecule has 0 saturated carbocycles. The van der Waals surface area contributed by atoms with Gasteiger partial charge < -0.3 is 9.64 Å². The molecule has 0 N–H and O–H groups in total. The zero-order valence-electron chi connectivity index (χ0n) is 13.3. The summed E-state index contributed by atoms with van der Waals surface area (Å²) in [6, 6.07) is 7.20. The zero-order valence-corrected chi connectivity index (χ0v) is 13.3. The fourth-order valence-electron chi connectivity index (χ4n) is 1.99. The SMILES string of the molecule is CCCCN(C)C(=O)CN(C(C)=O)c1ccccc1OC. The van der Waals surface area contributed by atoms with E-state index in [9.17, 15) is 9.59 Å². The van der Waals surface area contributed by atoms with Gasteiger partial charge in [0.25, 0.3) is 0 Å². The van der Waals surface area contributed by atoms with Crippen LogP contribution in [0.2, 0.25) is 0 Å². The maximum atomic E-state index is 12.2. The van der Waals surface area contributed by atoms with Crippen LogP contribution in [0.15, 0.2) is 24.3 Å². The Kier molecular flexibility index (Phi) is 6.72. The van der Waals surface area contributed by atoms with Gasteiger partial charge in [0.1, 0.15) is 12.3 Å². The number of hydrogen-bond donors (Lipinski definition) is 0. The molecular weight excluding hydrogens is 268 g/mol. The molecule has 0 bridgehead atoms. The smallest absolute Gasteiger partial charge is 0.242 e. The Morgan fingerprint density at radius 1 is 1.24 bits per heavy atom. The summed E-state index contributed by atoms with van der Waals surface area (Å²) in [5, 5.41) is 0. The highest BCUT2D eigenvalue weighted by Crippen LogP contribution is 2.27. The van der Waals surface area contributed by atoms with Crippen molar-refractivity contribution in [2.45, 2.75) is 26.7 Å². The average molecular weight is 292 g/mol. The molecule has 5 nitrogen and oxygen atoms in total. The van der Waals surface area contributed by atoms with Gasteiger partial charge in [-0.1, -0.05) is 25.5 Å². The minimum absolute atomic E-state index is 0.0237. The molecule has 1 aromatic rings. The van der Waals surface area contributed by atoms with Gasteiger partial charge >= 0.3 is 0 Å². The molecule has 0 spiro atoms. The van der Waals surface area contributed by atoms with Crippen molar-refractivity contribution in [2.75, 3.05) is 32.1 Å². The third-order valence-corrected chi connectivity index (χ3v) is 3.32. The van der Waals surface area contributed by atoms with E-state index in [-0.39, 0.29) is 18.4 Å². The molecule has 0 unspecified atom stereocenters. The van der Waals surface area contributed by atoms with Crippen LogP contribution < -0.4 is 9.64 Å². The summed E-state index contributed by atoms with van der Waals surface area (Å²) in [6.45, 7) is 4.25. The second-order valence-electron chi connectivity index (χ2n) is 4.95. The van der Waals surface area contributed by atoms with Crippen LogP contribution in [0.3, 0.4) is 0 Å². The van der Waals surface area contributed by atoms with Crippen LogP contribution in [0.5, 0.6) is 5.75 Å². The molecule has 0 saturated heterocycles. The molecule has 1 rings (SSSR count). The standard InChI is InChI=1S/C16H24N2O3/c1-5-6-11-17(3)16(20)12-18(13(2)19)14-9-7-8-10-15(14)21-4/h7-10H,5-6,11-12H2,1-4H3. The summed E-state index contributed by atoms with van der Waals surface area (Å²) in [6.07, 6.45) is 1.98. The summed E-state index contributed by atoms with van der Waals surface area (Å²) in [5.74, 6) is 0.318. The van der Waals surface area contributed by atoms with Gasteiger partial charge in [0.2, 0.25) is 11.8 Å². The lowest BCUT2D eigenvalue weighted by atomic mass is 10.2. The Balaban J connectivity index is 2.88. The predicted octanol–water partition coefficient (Wildman–Crippen LogP) is 2.31. The van der Waals surface area contributed by atoms with E-state index in [1.165, 1.54) is 11.8 Å². The van der Waals surface area contributed by atoms with Crippen LogP contribution in [0.25, 0.3) is 0 Å². The van der Waals surface area contributed by atoms with E-state index in [0.29, 0.717) is 18.0 Å². The van der Waals surface area contributed by atoms with Crippen molar-refractivity contribution < 1.29 is 14.3 Å². The molecule has 0 atom stereocenters. The number of hydrogen-bond acceptors (Lipinski definition) is 3. The molecule has 21 heavy (non-hydrogen) atoms. The van der Waals surface area contributed by atoms with Crippen LogP contribution in [0.1, 0.15) is 26.7 Å². The summed E-state index contributed by atoms with van der Waals surface area (Å²) in [5.41, 5.74) is 0.616. The van der Waals surface area contributed by atoms with E-state index < -0.39 is 0 Å². The van der Waals surface area contributed by atoms with E-state index in [2.05, 4.69) is 6.92 Å². The fraction of sp³-hybridized carbons (Fsp3) is 0.500. The Labute approximate surface area is 126 Å². The number of ether oxygens (including phenoxy) is 1. The first-order chi connectivity index (χ1) is 10.0. The number of rotatable bonds is 7. The maximum Gasteiger partial charge on any atom is 0.242 e. The molecule has 1 aromatic carbocycles. The Hall–Kier alpha value is -2.04. The largest absolute Gasteiger partial charge is 0.495 e. The van der Waals surface area contributed by atoms with Gasteiger partial charge in [-0.3, -0.25) is 14.5 Å². The first-order valence-electron chi connectivity index (χ1n) is 7.16. The molecule has 0 aliphatic carbocycles. The van der Waals surface area contributed by atoms with Gasteiger partial charge in [-0.25, -0.2) is 0 Å². The summed E-state index contributed by atoms with van der Waals surface area (Å²) < 4.78 is 5.26. The zero-order chi connectivity index (χ0) is 15.8. The van der Waals surface area contributed by atoms with Crippen LogP contribution in [-0.2, 0) is 9.59 Å². The van der Waals surface area contributed by atoms with E-state index in [1.807, 2.05) is 12.1 Å². The molecule has 0 aliphatic rings. The van der Waals surface area contributed by atoms with Crippen LogP contribution in [0.4, 0.5) is 5.69 Å². The van der Waals surface area contributed by atoms with Gasteiger partial charge in [-0.15, -0.1) is 0 Å². The molecule has 0 aliphatic heterocycles. The molecule has 0 aromatic heterocycles. The number of carbonyl (C=O) groups is 2. The molecule has 0 fully saturated rings. The Morgan fingerprint density at radius 2 is 1.90 bits per heavy atom. The van der Waals surface area contributed by atoms with Gasteiger partial charge in [0.15, 0.2) is 0 Å². The summed E-state index contributed by atoms with van der Waals surface area (Å²) in [7, 11) is 3.31. The number of nitrogens with zero attached hydrogens (tertiary/aromatic N) is 2. The van der Waals surface area contributed by atoms with Crippen LogP contribution >= 0.6 is 0 Å². The number of carbonyl (C=O) groups excluding carboxylic acids is 2. The molecule has 5 heteroatoms. The van der Waals surface area contributed by atoms with E-state index in [4.69, 9.17) is 4.74 Å². The van der Waals surface area contributed by atoms with E-state index in [0.717, 1.165) is 12.8 Å². The van der Waals surface area contributed by atoms with Gasteiger partial charge in [0.05, 0.1) is 12.8 Å². The van der Waals surface area contributed by atoms with E-state index in [1.54, 1.807) is 31.2 Å². The number of likely N-dealkylation sites (N-methyl/N-ethyl adjacent to an activating group) is 1. The number of amides is 2. The molecular formula is C16H24N2O3. The third-order valence-electron chi connectivity index (χ3n) is 3.32. The Morgan fingerprint density at radius 3 is 2.48 bits per heavy atom. The van der Waals surface area contributed by atoms with Crippen molar-refractivity contribution >= 4 is 17.5 Å². The molecule has 0 heterocycles. The lowest BCUT2D eigenvalue weighted by Gasteiger charge is -2.25. The third kappa shape index (κ3) is 4.77. The monoisotopic (exact) mass is 292 g/mol. The highest BCUT2D eigenvalue weighted by Gasteiger charge is 2.20. The summed E-state index contributed by atoms with van der Waals surface area (Å²) in [4.78, 5) is 27.2. The topological polar surface area (TPSA) is 49.9 Å². The predicted molar refractivity (Wildman–Crippen MR) is 83.6 cm³/mol. The van der Waals surface area contributed by atoms with Crippen LogP contribution in [-0.4, -0.2) is 44.0 Å². The quantitative estimate of drug-likeness (QED) is 0.775. The highest BCUT2D eigenvalue weighted by molar-refractivity contribution is 5.98. The number of para-hydroxylation sites is 2. The molecule has 116 valence electrons. The minimum Gasteiger partial charge on any atom is -0.495 e. The summed E-state index contributed by atoms with van der Waals surface area (Å²) >= 11 is 0. The van der Waals surface area contributed by atoms with Gasteiger partial charge in [-0.2, -0.15) is 0 Å². The lowest BCUT2D eigenvalue weighted by molar-refractivity contribution is -0.130. The normalized spacial score (nSPS) is 10.1. The van der Waals surface area contributed by atoms with Crippen molar-refractivity contribution in [1.82, 2.24) is 4.90 Å². The van der Waals surface area contributed by atoms with Crippen molar-refractivity contribution in [1.29, 1.82) is 0 Å². The van der Waals surface area contributed by atoms with Gasteiger partial charge in [-0.05, 0) is 18.6 Å². The second kappa shape index (κ2) is 8.29. The van der Waals surface area contributed by atoms with Gasteiger partial charge in [0, 0.05) is 20.5 Å². The minimum atomic E-state index is -0.184. The van der Waals surface area contributed by atoms with Crippen molar-refractivity contribution in [3.63, 3.8) is 0 Å². The van der Waals surface area contributed by atoms with Crippen molar-refractivity contribution in [2.24, 2.45) is 0 Å². The highest BCUT2D eigenvalue weighted by atomic mass is 16.5. The number of methoxy groups -OCH3 is 1.